The monoisotopic (exact) mass is 399 g/mol. The van der Waals surface area contributed by atoms with Crippen molar-refractivity contribution in [1.29, 1.82) is 0 Å². The van der Waals surface area contributed by atoms with Crippen molar-refractivity contribution in [2.24, 2.45) is 0 Å². The molecule has 2 N–H and O–H groups in total. The van der Waals surface area contributed by atoms with Gasteiger partial charge in [0, 0.05) is 6.54 Å². The van der Waals surface area contributed by atoms with E-state index >= 15 is 0 Å². The van der Waals surface area contributed by atoms with E-state index in [-0.39, 0.29) is 16.4 Å². The SMILES string of the molecule is O=C(NC[C@@H](O)c1ccc(OC(F)(F)F)cc1)c1cc(Cl)sc1Cl. The summed E-state index contributed by atoms with van der Waals surface area (Å²) in [6.45, 7) is -0.151. The summed E-state index contributed by atoms with van der Waals surface area (Å²) in [5.74, 6) is -0.915. The second-order valence-electron chi connectivity index (χ2n) is 4.58. The van der Waals surface area contributed by atoms with Gasteiger partial charge in [-0.1, -0.05) is 35.3 Å². The Morgan fingerprint density at radius 1 is 1.29 bits per heavy atom. The van der Waals surface area contributed by atoms with Crippen molar-refractivity contribution in [3.8, 4) is 5.75 Å². The number of hydrogen-bond donors (Lipinski definition) is 2. The zero-order valence-corrected chi connectivity index (χ0v) is 14.1. The summed E-state index contributed by atoms with van der Waals surface area (Å²) >= 11 is 12.6. The highest BCUT2D eigenvalue weighted by Crippen LogP contribution is 2.31. The third-order valence-corrected chi connectivity index (χ3v) is 4.34. The first-order chi connectivity index (χ1) is 11.2. The fourth-order valence-electron chi connectivity index (χ4n) is 1.79. The van der Waals surface area contributed by atoms with Gasteiger partial charge in [0.05, 0.1) is 16.0 Å². The minimum Gasteiger partial charge on any atom is -0.406 e. The molecule has 1 amide bonds. The summed E-state index contributed by atoms with van der Waals surface area (Å²) in [6.07, 6.45) is -5.89. The molecule has 10 heteroatoms. The van der Waals surface area contributed by atoms with Crippen LogP contribution in [0.3, 0.4) is 0 Å². The molecule has 0 bridgehead atoms. The highest BCUT2D eigenvalue weighted by Gasteiger charge is 2.31. The third-order valence-electron chi connectivity index (χ3n) is 2.86. The quantitative estimate of drug-likeness (QED) is 0.782. The van der Waals surface area contributed by atoms with Crippen LogP contribution in [-0.2, 0) is 0 Å². The van der Waals surface area contributed by atoms with Crippen LogP contribution in [0.25, 0.3) is 0 Å². The number of ether oxygens (including phenoxy) is 1. The van der Waals surface area contributed by atoms with Crippen molar-refractivity contribution in [1.82, 2.24) is 5.32 Å². The number of hydrogen-bond acceptors (Lipinski definition) is 4. The van der Waals surface area contributed by atoms with Crippen LogP contribution >= 0.6 is 34.5 Å². The summed E-state index contributed by atoms with van der Waals surface area (Å²) in [5.41, 5.74) is 0.507. The normalized spacial score (nSPS) is 12.8. The summed E-state index contributed by atoms with van der Waals surface area (Å²) in [5, 5.41) is 12.4. The van der Waals surface area contributed by atoms with E-state index in [1.165, 1.54) is 18.2 Å². The van der Waals surface area contributed by atoms with Crippen LogP contribution in [0, 0.1) is 0 Å². The van der Waals surface area contributed by atoms with E-state index in [2.05, 4.69) is 10.1 Å². The molecule has 24 heavy (non-hydrogen) atoms. The van der Waals surface area contributed by atoms with Crippen LogP contribution in [0.5, 0.6) is 5.75 Å². The van der Waals surface area contributed by atoms with Gasteiger partial charge in [0.2, 0.25) is 0 Å². The molecular formula is C14H10Cl2F3NO3S. The van der Waals surface area contributed by atoms with Gasteiger partial charge in [-0.15, -0.1) is 24.5 Å². The first kappa shape index (κ1) is 18.9. The lowest BCUT2D eigenvalue weighted by atomic mass is 10.1. The second kappa shape index (κ2) is 7.60. The minimum atomic E-state index is -4.78. The number of halogens is 5. The molecule has 0 radical (unpaired) electrons. The first-order valence-electron chi connectivity index (χ1n) is 6.42. The van der Waals surface area contributed by atoms with Gasteiger partial charge in [-0.3, -0.25) is 4.79 Å². The number of aliphatic hydroxyl groups excluding tert-OH is 1. The minimum absolute atomic E-state index is 0.151. The Hall–Kier alpha value is -1.48. The highest BCUT2D eigenvalue weighted by molar-refractivity contribution is 7.20. The van der Waals surface area contributed by atoms with Gasteiger partial charge in [0.15, 0.2) is 0 Å². The Balaban J connectivity index is 1.93. The van der Waals surface area contributed by atoms with Crippen LogP contribution in [0.15, 0.2) is 30.3 Å². The summed E-state index contributed by atoms with van der Waals surface area (Å²) in [6, 6.07) is 6.09. The zero-order chi connectivity index (χ0) is 17.9. The van der Waals surface area contributed by atoms with E-state index in [1.807, 2.05) is 0 Å². The molecule has 0 aliphatic carbocycles. The van der Waals surface area contributed by atoms with Gasteiger partial charge in [-0.2, -0.15) is 0 Å². The Labute approximate surface area is 148 Å². The van der Waals surface area contributed by atoms with Crippen LogP contribution < -0.4 is 10.1 Å². The molecule has 0 saturated heterocycles. The lowest BCUT2D eigenvalue weighted by molar-refractivity contribution is -0.274. The van der Waals surface area contributed by atoms with Crippen molar-refractivity contribution < 1.29 is 27.8 Å². The highest BCUT2D eigenvalue weighted by atomic mass is 35.5. The molecule has 0 spiro atoms. The van der Waals surface area contributed by atoms with Gasteiger partial charge < -0.3 is 15.2 Å². The zero-order valence-electron chi connectivity index (χ0n) is 11.7. The number of alkyl halides is 3. The smallest absolute Gasteiger partial charge is 0.406 e. The Morgan fingerprint density at radius 3 is 2.42 bits per heavy atom. The predicted octanol–water partition coefficient (Wildman–Crippen LogP) is 4.42. The molecule has 0 aliphatic rings. The van der Waals surface area contributed by atoms with Crippen LogP contribution in [0.4, 0.5) is 13.2 Å². The van der Waals surface area contributed by atoms with Gasteiger partial charge in [-0.25, -0.2) is 0 Å². The molecule has 130 valence electrons. The summed E-state index contributed by atoms with van der Waals surface area (Å²) in [7, 11) is 0. The van der Waals surface area contributed by atoms with E-state index < -0.39 is 24.1 Å². The molecule has 2 aromatic rings. The number of nitrogens with one attached hydrogen (secondary N) is 1. The van der Waals surface area contributed by atoms with Crippen molar-refractivity contribution in [2.75, 3.05) is 6.54 Å². The molecule has 4 nitrogen and oxygen atoms in total. The van der Waals surface area contributed by atoms with E-state index in [1.54, 1.807) is 0 Å². The van der Waals surface area contributed by atoms with Crippen molar-refractivity contribution in [3.63, 3.8) is 0 Å². The van der Waals surface area contributed by atoms with Gasteiger partial charge in [-0.05, 0) is 23.8 Å². The van der Waals surface area contributed by atoms with Crippen LogP contribution in [0.1, 0.15) is 22.0 Å². The molecule has 1 atom stereocenters. The number of rotatable bonds is 5. The van der Waals surface area contributed by atoms with E-state index in [9.17, 15) is 23.1 Å². The molecule has 0 aliphatic heterocycles. The molecule has 0 fully saturated rings. The van der Waals surface area contributed by atoms with E-state index in [0.29, 0.717) is 9.90 Å². The van der Waals surface area contributed by atoms with Crippen LogP contribution in [-0.4, -0.2) is 23.9 Å². The van der Waals surface area contributed by atoms with Gasteiger partial charge in [0.25, 0.3) is 5.91 Å². The number of benzene rings is 1. The van der Waals surface area contributed by atoms with Gasteiger partial charge in [0.1, 0.15) is 10.1 Å². The molecular weight excluding hydrogens is 390 g/mol. The summed E-state index contributed by atoms with van der Waals surface area (Å²) in [4.78, 5) is 11.9. The Morgan fingerprint density at radius 2 is 1.92 bits per heavy atom. The van der Waals surface area contributed by atoms with Crippen molar-refractivity contribution >= 4 is 40.4 Å². The maximum Gasteiger partial charge on any atom is 0.573 e. The average molecular weight is 400 g/mol. The maximum absolute atomic E-state index is 12.1. The first-order valence-corrected chi connectivity index (χ1v) is 8.00. The number of amides is 1. The second-order valence-corrected chi connectivity index (χ2v) is 6.87. The fraction of sp³-hybridized carbons (Fsp3) is 0.214. The topological polar surface area (TPSA) is 58.6 Å². The van der Waals surface area contributed by atoms with Crippen molar-refractivity contribution in [2.45, 2.75) is 12.5 Å². The Kier molecular flexibility index (Phi) is 5.97. The predicted molar refractivity (Wildman–Crippen MR) is 84.8 cm³/mol. The van der Waals surface area contributed by atoms with Gasteiger partial charge >= 0.3 is 6.36 Å². The number of thiophene rings is 1. The molecule has 1 heterocycles. The third kappa shape index (κ3) is 5.27. The molecule has 0 saturated carbocycles. The number of carbonyl (C=O) groups excluding carboxylic acids is 1. The molecule has 2 rings (SSSR count). The standard InChI is InChI=1S/C14H10Cl2F3NO3S/c15-11-5-9(12(16)24-11)13(22)20-6-10(21)7-1-3-8(4-2-7)23-14(17,18)19/h1-5,10,21H,6H2,(H,20,22)/t10-/m1/s1. The van der Waals surface area contributed by atoms with E-state index in [0.717, 1.165) is 23.5 Å². The Bertz CT molecular complexity index is 719. The maximum atomic E-state index is 12.1. The summed E-state index contributed by atoms with van der Waals surface area (Å²) < 4.78 is 40.5. The lowest BCUT2D eigenvalue weighted by Gasteiger charge is -2.13. The van der Waals surface area contributed by atoms with Crippen molar-refractivity contribution in [3.05, 3.63) is 50.1 Å². The average Bonchev–Trinajstić information content (AvgIpc) is 2.82. The molecule has 0 unspecified atom stereocenters. The molecule has 1 aromatic carbocycles. The number of carbonyl (C=O) groups is 1. The number of aliphatic hydroxyl groups is 1. The van der Waals surface area contributed by atoms with E-state index in [4.69, 9.17) is 23.2 Å². The lowest BCUT2D eigenvalue weighted by Crippen LogP contribution is -2.28. The largest absolute Gasteiger partial charge is 0.573 e. The molecule has 1 aromatic heterocycles. The fourth-order valence-corrected chi connectivity index (χ4v) is 3.25. The van der Waals surface area contributed by atoms with Crippen LogP contribution in [0.2, 0.25) is 8.67 Å².